The normalized spacial score (nSPS) is 11.8. The standard InChI is InChI=1S/C14H18FN3O/c1-14(2,3)16-9-13-17-12(18-19-13)8-10-5-4-6-11(15)7-10/h4-7,16H,8-9H2,1-3H3. The van der Waals surface area contributed by atoms with E-state index in [1.807, 2.05) is 6.07 Å². The summed E-state index contributed by atoms with van der Waals surface area (Å²) < 4.78 is 18.2. The SMILES string of the molecule is CC(C)(C)NCc1nc(Cc2cccc(F)c2)no1. The van der Waals surface area contributed by atoms with Gasteiger partial charge in [0.1, 0.15) is 5.82 Å². The Balaban J connectivity index is 1.97. The minimum absolute atomic E-state index is 0.00279. The highest BCUT2D eigenvalue weighted by atomic mass is 19.1. The second-order valence-corrected chi connectivity index (χ2v) is 5.51. The Morgan fingerprint density at radius 1 is 1.32 bits per heavy atom. The van der Waals surface area contributed by atoms with Gasteiger partial charge in [0.2, 0.25) is 5.89 Å². The average molecular weight is 263 g/mol. The third-order valence-electron chi connectivity index (χ3n) is 2.53. The molecular formula is C14H18FN3O. The molecule has 102 valence electrons. The first-order valence-electron chi connectivity index (χ1n) is 6.23. The molecule has 0 amide bonds. The van der Waals surface area contributed by atoms with E-state index >= 15 is 0 Å². The molecule has 0 spiro atoms. The van der Waals surface area contributed by atoms with Gasteiger partial charge in [0.15, 0.2) is 5.82 Å². The van der Waals surface area contributed by atoms with Crippen LogP contribution in [0.2, 0.25) is 0 Å². The van der Waals surface area contributed by atoms with E-state index in [1.165, 1.54) is 12.1 Å². The van der Waals surface area contributed by atoms with E-state index in [-0.39, 0.29) is 11.4 Å². The molecule has 2 aromatic rings. The molecule has 1 heterocycles. The quantitative estimate of drug-likeness (QED) is 0.921. The van der Waals surface area contributed by atoms with Crippen molar-refractivity contribution >= 4 is 0 Å². The van der Waals surface area contributed by atoms with Crippen LogP contribution in [-0.2, 0) is 13.0 Å². The summed E-state index contributed by atoms with van der Waals surface area (Å²) in [6, 6.07) is 6.40. The first-order valence-corrected chi connectivity index (χ1v) is 6.23. The van der Waals surface area contributed by atoms with Gasteiger partial charge in [-0.25, -0.2) is 4.39 Å². The minimum atomic E-state index is -0.254. The molecule has 0 aliphatic heterocycles. The summed E-state index contributed by atoms with van der Waals surface area (Å²) in [7, 11) is 0. The highest BCUT2D eigenvalue weighted by molar-refractivity contribution is 5.19. The lowest BCUT2D eigenvalue weighted by Crippen LogP contribution is -2.35. The van der Waals surface area contributed by atoms with Crippen molar-refractivity contribution in [2.24, 2.45) is 0 Å². The molecule has 1 aromatic heterocycles. The number of nitrogens with one attached hydrogen (secondary N) is 1. The Labute approximate surface area is 112 Å². The fourth-order valence-corrected chi connectivity index (χ4v) is 1.60. The van der Waals surface area contributed by atoms with Crippen LogP contribution >= 0.6 is 0 Å². The maximum Gasteiger partial charge on any atom is 0.240 e. The van der Waals surface area contributed by atoms with Crippen LogP contribution in [0, 0.1) is 5.82 Å². The van der Waals surface area contributed by atoms with E-state index in [4.69, 9.17) is 4.52 Å². The van der Waals surface area contributed by atoms with Crippen LogP contribution in [0.15, 0.2) is 28.8 Å². The molecule has 0 aliphatic rings. The van der Waals surface area contributed by atoms with Gasteiger partial charge in [-0.05, 0) is 38.5 Å². The van der Waals surface area contributed by atoms with Gasteiger partial charge in [0.05, 0.1) is 6.54 Å². The maximum atomic E-state index is 13.1. The van der Waals surface area contributed by atoms with Gasteiger partial charge in [-0.1, -0.05) is 17.3 Å². The van der Waals surface area contributed by atoms with E-state index in [2.05, 4.69) is 36.2 Å². The zero-order valence-corrected chi connectivity index (χ0v) is 11.4. The van der Waals surface area contributed by atoms with Crippen molar-refractivity contribution in [2.75, 3.05) is 0 Å². The van der Waals surface area contributed by atoms with E-state index in [0.29, 0.717) is 24.7 Å². The molecular weight excluding hydrogens is 245 g/mol. The molecule has 0 unspecified atom stereocenters. The van der Waals surface area contributed by atoms with Gasteiger partial charge in [0.25, 0.3) is 0 Å². The van der Waals surface area contributed by atoms with E-state index in [9.17, 15) is 4.39 Å². The molecule has 0 saturated heterocycles. The molecule has 0 bridgehead atoms. The molecule has 0 fully saturated rings. The monoisotopic (exact) mass is 263 g/mol. The van der Waals surface area contributed by atoms with E-state index in [0.717, 1.165) is 5.56 Å². The number of rotatable bonds is 4. The van der Waals surface area contributed by atoms with Crippen molar-refractivity contribution in [2.45, 2.75) is 39.3 Å². The van der Waals surface area contributed by atoms with Gasteiger partial charge in [-0.3, -0.25) is 0 Å². The highest BCUT2D eigenvalue weighted by Crippen LogP contribution is 2.09. The Bertz CT molecular complexity index is 546. The smallest absolute Gasteiger partial charge is 0.240 e. The Morgan fingerprint density at radius 2 is 2.11 bits per heavy atom. The predicted molar refractivity (Wildman–Crippen MR) is 70.1 cm³/mol. The molecule has 0 aliphatic carbocycles. The van der Waals surface area contributed by atoms with Gasteiger partial charge in [0, 0.05) is 12.0 Å². The summed E-state index contributed by atoms with van der Waals surface area (Å²) in [5.41, 5.74) is 0.827. The molecule has 2 rings (SSSR count). The molecule has 0 saturated carbocycles. The summed E-state index contributed by atoms with van der Waals surface area (Å²) in [6.45, 7) is 6.73. The van der Waals surface area contributed by atoms with Crippen LogP contribution < -0.4 is 5.32 Å². The average Bonchev–Trinajstić information content (AvgIpc) is 2.73. The largest absolute Gasteiger partial charge is 0.338 e. The summed E-state index contributed by atoms with van der Waals surface area (Å²) in [5.74, 6) is 0.855. The minimum Gasteiger partial charge on any atom is -0.338 e. The van der Waals surface area contributed by atoms with Crippen LogP contribution in [0.5, 0.6) is 0 Å². The van der Waals surface area contributed by atoms with Crippen LogP contribution in [0.25, 0.3) is 0 Å². The molecule has 0 atom stereocenters. The maximum absolute atomic E-state index is 13.1. The van der Waals surface area contributed by atoms with Gasteiger partial charge < -0.3 is 9.84 Å². The van der Waals surface area contributed by atoms with Gasteiger partial charge >= 0.3 is 0 Å². The number of hydrogen-bond donors (Lipinski definition) is 1. The number of hydrogen-bond acceptors (Lipinski definition) is 4. The third-order valence-corrected chi connectivity index (χ3v) is 2.53. The summed E-state index contributed by atoms with van der Waals surface area (Å²) in [5, 5.41) is 7.16. The zero-order valence-electron chi connectivity index (χ0n) is 11.4. The first kappa shape index (κ1) is 13.7. The van der Waals surface area contributed by atoms with Crippen molar-refractivity contribution in [3.05, 3.63) is 47.4 Å². The number of halogens is 1. The Morgan fingerprint density at radius 3 is 2.79 bits per heavy atom. The lowest BCUT2D eigenvalue weighted by Gasteiger charge is -2.18. The van der Waals surface area contributed by atoms with Crippen molar-refractivity contribution < 1.29 is 8.91 Å². The van der Waals surface area contributed by atoms with E-state index < -0.39 is 0 Å². The zero-order chi connectivity index (χ0) is 13.9. The van der Waals surface area contributed by atoms with Gasteiger partial charge in [-0.2, -0.15) is 4.98 Å². The fraction of sp³-hybridized carbons (Fsp3) is 0.429. The van der Waals surface area contributed by atoms with Crippen LogP contribution in [-0.4, -0.2) is 15.7 Å². The summed E-state index contributed by atoms with van der Waals surface area (Å²) in [6.07, 6.45) is 0.469. The lowest BCUT2D eigenvalue weighted by atomic mass is 10.1. The Hall–Kier alpha value is -1.75. The number of nitrogens with zero attached hydrogens (tertiary/aromatic N) is 2. The Kier molecular flexibility index (Phi) is 3.95. The third kappa shape index (κ3) is 4.44. The molecule has 0 radical (unpaired) electrons. The van der Waals surface area contributed by atoms with Gasteiger partial charge in [-0.15, -0.1) is 0 Å². The fourth-order valence-electron chi connectivity index (χ4n) is 1.60. The highest BCUT2D eigenvalue weighted by Gasteiger charge is 2.12. The lowest BCUT2D eigenvalue weighted by molar-refractivity contribution is 0.334. The molecule has 1 N–H and O–H groups in total. The van der Waals surface area contributed by atoms with Crippen LogP contribution in [0.3, 0.4) is 0 Å². The summed E-state index contributed by atoms with van der Waals surface area (Å²) >= 11 is 0. The number of benzene rings is 1. The molecule has 5 heteroatoms. The molecule has 19 heavy (non-hydrogen) atoms. The van der Waals surface area contributed by atoms with Crippen molar-refractivity contribution in [1.82, 2.24) is 15.5 Å². The topological polar surface area (TPSA) is 51.0 Å². The van der Waals surface area contributed by atoms with Crippen molar-refractivity contribution in [1.29, 1.82) is 0 Å². The summed E-state index contributed by atoms with van der Waals surface area (Å²) in [4.78, 5) is 4.28. The molecule has 1 aromatic carbocycles. The van der Waals surface area contributed by atoms with Crippen LogP contribution in [0.4, 0.5) is 4.39 Å². The van der Waals surface area contributed by atoms with Crippen molar-refractivity contribution in [3.8, 4) is 0 Å². The van der Waals surface area contributed by atoms with Crippen LogP contribution in [0.1, 0.15) is 38.0 Å². The first-order chi connectivity index (χ1) is 8.92. The predicted octanol–water partition coefficient (Wildman–Crippen LogP) is 2.69. The number of aromatic nitrogens is 2. The van der Waals surface area contributed by atoms with Crippen molar-refractivity contribution in [3.63, 3.8) is 0 Å². The molecule has 4 nitrogen and oxygen atoms in total. The van der Waals surface area contributed by atoms with E-state index in [1.54, 1.807) is 6.07 Å². The second kappa shape index (κ2) is 5.48. The second-order valence-electron chi connectivity index (χ2n) is 5.51.